The zero-order chi connectivity index (χ0) is 16.7. The Bertz CT molecular complexity index is 887. The maximum Gasteiger partial charge on any atom is 0.258 e. The second-order valence-electron chi connectivity index (χ2n) is 7.31. The van der Waals surface area contributed by atoms with E-state index in [2.05, 4.69) is 36.2 Å². The zero-order valence-electron chi connectivity index (χ0n) is 14.2. The van der Waals surface area contributed by atoms with Crippen LogP contribution in [0.2, 0.25) is 0 Å². The quantitative estimate of drug-likeness (QED) is 0.820. The first kappa shape index (κ1) is 15.8. The van der Waals surface area contributed by atoms with Crippen molar-refractivity contribution < 1.29 is 0 Å². The van der Waals surface area contributed by atoms with E-state index in [-0.39, 0.29) is 11.0 Å². The summed E-state index contributed by atoms with van der Waals surface area (Å²) >= 11 is 5.54. The summed E-state index contributed by atoms with van der Waals surface area (Å²) in [6, 6.07) is 8.48. The van der Waals surface area contributed by atoms with Crippen molar-refractivity contribution >= 4 is 12.2 Å². The molecule has 0 saturated heterocycles. The summed E-state index contributed by atoms with van der Waals surface area (Å²) in [5.41, 5.74) is 4.66. The van der Waals surface area contributed by atoms with Crippen molar-refractivity contribution in [3.05, 3.63) is 50.5 Å². The van der Waals surface area contributed by atoms with Gasteiger partial charge in [0, 0.05) is 23.1 Å². The van der Waals surface area contributed by atoms with Gasteiger partial charge < -0.3 is 4.98 Å². The monoisotopic (exact) mass is 340 g/mol. The Morgan fingerprint density at radius 1 is 1.25 bits per heavy atom. The summed E-state index contributed by atoms with van der Waals surface area (Å²) in [5, 5.41) is 0. The van der Waals surface area contributed by atoms with Crippen molar-refractivity contribution in [3.8, 4) is 11.3 Å². The summed E-state index contributed by atoms with van der Waals surface area (Å²) in [7, 11) is 0. The molecule has 0 amide bonds. The number of benzene rings is 1. The molecule has 3 nitrogen and oxygen atoms in total. The number of rotatable bonds is 3. The van der Waals surface area contributed by atoms with Gasteiger partial charge in [0.15, 0.2) is 4.77 Å². The molecule has 24 heavy (non-hydrogen) atoms. The Kier molecular flexibility index (Phi) is 3.95. The number of nitrogens with zero attached hydrogens (tertiary/aromatic N) is 1. The molecule has 2 aliphatic rings. The summed E-state index contributed by atoms with van der Waals surface area (Å²) in [6.45, 7) is 2.86. The third-order valence-corrected chi connectivity index (χ3v) is 6.15. The van der Waals surface area contributed by atoms with Gasteiger partial charge in [-0.1, -0.05) is 50.5 Å². The number of hydrogen-bond acceptors (Lipinski definition) is 2. The Balaban J connectivity index is 2.01. The largest absolute Gasteiger partial charge is 0.331 e. The molecule has 4 rings (SSSR count). The average molecular weight is 340 g/mol. The van der Waals surface area contributed by atoms with Crippen LogP contribution in [0.5, 0.6) is 0 Å². The average Bonchev–Trinajstić information content (AvgIpc) is 3.03. The topological polar surface area (TPSA) is 37.8 Å². The van der Waals surface area contributed by atoms with Gasteiger partial charge >= 0.3 is 0 Å². The van der Waals surface area contributed by atoms with Crippen LogP contribution in [0, 0.1) is 4.77 Å². The lowest BCUT2D eigenvalue weighted by atomic mass is 9.68. The Hall–Kier alpha value is -1.68. The molecule has 1 heterocycles. The van der Waals surface area contributed by atoms with E-state index >= 15 is 0 Å². The Labute approximate surface area is 147 Å². The molecule has 0 radical (unpaired) electrons. The van der Waals surface area contributed by atoms with Crippen molar-refractivity contribution in [3.63, 3.8) is 0 Å². The van der Waals surface area contributed by atoms with Crippen LogP contribution < -0.4 is 5.56 Å². The van der Waals surface area contributed by atoms with Crippen LogP contribution in [0.15, 0.2) is 29.1 Å². The molecular weight excluding hydrogens is 316 g/mol. The van der Waals surface area contributed by atoms with Crippen LogP contribution in [0.3, 0.4) is 0 Å². The van der Waals surface area contributed by atoms with E-state index in [1.807, 2.05) is 0 Å². The third kappa shape index (κ3) is 2.31. The van der Waals surface area contributed by atoms with Crippen molar-refractivity contribution in [2.24, 2.45) is 0 Å². The van der Waals surface area contributed by atoms with Crippen LogP contribution in [-0.2, 0) is 18.4 Å². The van der Waals surface area contributed by atoms with Crippen LogP contribution in [0.1, 0.15) is 56.6 Å². The van der Waals surface area contributed by atoms with Gasteiger partial charge in [0.2, 0.25) is 0 Å². The van der Waals surface area contributed by atoms with E-state index in [1.165, 1.54) is 18.4 Å². The van der Waals surface area contributed by atoms with E-state index in [0.29, 0.717) is 4.77 Å². The highest BCUT2D eigenvalue weighted by Gasteiger charge is 2.43. The lowest BCUT2D eigenvalue weighted by Crippen LogP contribution is -2.40. The maximum absolute atomic E-state index is 13.4. The van der Waals surface area contributed by atoms with E-state index in [4.69, 9.17) is 12.2 Å². The highest BCUT2D eigenvalue weighted by molar-refractivity contribution is 7.71. The number of H-pyrrole nitrogens is 1. The minimum atomic E-state index is 0.00820. The molecule has 2 aromatic rings. The summed E-state index contributed by atoms with van der Waals surface area (Å²) in [6.07, 6.45) is 7.69. The number of fused-ring (bicyclic) bond motifs is 4. The lowest BCUT2D eigenvalue weighted by Gasteiger charge is -2.36. The highest BCUT2D eigenvalue weighted by Crippen LogP contribution is 2.49. The Morgan fingerprint density at radius 2 is 2.00 bits per heavy atom. The highest BCUT2D eigenvalue weighted by atomic mass is 32.1. The van der Waals surface area contributed by atoms with Crippen LogP contribution in [0.25, 0.3) is 11.3 Å². The first-order valence-corrected chi connectivity index (χ1v) is 9.53. The van der Waals surface area contributed by atoms with Crippen molar-refractivity contribution in [1.82, 2.24) is 9.55 Å². The van der Waals surface area contributed by atoms with E-state index in [9.17, 15) is 4.79 Å². The van der Waals surface area contributed by atoms with Crippen LogP contribution in [-0.4, -0.2) is 9.55 Å². The van der Waals surface area contributed by atoms with Gasteiger partial charge in [-0.25, -0.2) is 0 Å². The van der Waals surface area contributed by atoms with Crippen molar-refractivity contribution in [2.75, 3.05) is 0 Å². The predicted octanol–water partition coefficient (Wildman–Crippen LogP) is 4.74. The van der Waals surface area contributed by atoms with Crippen molar-refractivity contribution in [1.29, 1.82) is 0 Å². The van der Waals surface area contributed by atoms with Crippen molar-refractivity contribution in [2.45, 2.75) is 63.8 Å². The molecular formula is C20H24N2OS. The predicted molar refractivity (Wildman–Crippen MR) is 100 cm³/mol. The number of aromatic amines is 1. The van der Waals surface area contributed by atoms with Gasteiger partial charge in [0.05, 0.1) is 5.69 Å². The van der Waals surface area contributed by atoms with Crippen LogP contribution in [0.4, 0.5) is 0 Å². The number of unbranched alkanes of at least 4 members (excludes halogenated alkanes) is 1. The Morgan fingerprint density at radius 3 is 2.75 bits per heavy atom. The molecule has 0 bridgehead atoms. The lowest BCUT2D eigenvalue weighted by molar-refractivity contribution is 0.419. The zero-order valence-corrected chi connectivity index (χ0v) is 15.0. The fourth-order valence-corrected chi connectivity index (χ4v) is 4.91. The number of aromatic nitrogens is 2. The first-order chi connectivity index (χ1) is 11.7. The smallest absolute Gasteiger partial charge is 0.258 e. The molecule has 1 saturated carbocycles. The molecule has 0 unspecified atom stereocenters. The molecule has 1 aromatic carbocycles. The standard InChI is InChI=1S/C20H24N2OS/c1-2-3-12-22-18(23)16-17(21-19(22)24)15-9-5-4-8-14(15)13-20(16)10-6-7-11-20/h4-5,8-9H,2-3,6-7,10-13H2,1H3,(H,21,24). The minimum absolute atomic E-state index is 0.00820. The molecule has 0 aliphatic heterocycles. The van der Waals surface area contributed by atoms with Gasteiger partial charge in [-0.3, -0.25) is 9.36 Å². The van der Waals surface area contributed by atoms with E-state index in [0.717, 1.165) is 55.5 Å². The normalized spacial score (nSPS) is 17.7. The third-order valence-electron chi connectivity index (χ3n) is 5.83. The van der Waals surface area contributed by atoms with Crippen LogP contribution >= 0.6 is 12.2 Å². The molecule has 0 atom stereocenters. The molecule has 126 valence electrons. The molecule has 1 spiro atoms. The van der Waals surface area contributed by atoms with Gasteiger partial charge in [-0.05, 0) is 43.5 Å². The molecule has 4 heteroatoms. The molecule has 1 aromatic heterocycles. The van der Waals surface area contributed by atoms with Gasteiger partial charge in [-0.15, -0.1) is 0 Å². The molecule has 1 fully saturated rings. The number of nitrogens with one attached hydrogen (secondary N) is 1. The summed E-state index contributed by atoms with van der Waals surface area (Å²) in [4.78, 5) is 16.8. The molecule has 1 N–H and O–H groups in total. The van der Waals surface area contributed by atoms with Gasteiger partial charge in [-0.2, -0.15) is 0 Å². The van der Waals surface area contributed by atoms with Gasteiger partial charge in [0.1, 0.15) is 0 Å². The SMILES string of the molecule is CCCCn1c(=S)[nH]c2c(c1=O)C1(CCCC1)Cc1ccccc1-2. The summed E-state index contributed by atoms with van der Waals surface area (Å²) < 4.78 is 2.36. The van der Waals surface area contributed by atoms with Gasteiger partial charge in [0.25, 0.3) is 5.56 Å². The minimum Gasteiger partial charge on any atom is -0.331 e. The molecule has 2 aliphatic carbocycles. The number of hydrogen-bond donors (Lipinski definition) is 1. The maximum atomic E-state index is 13.4. The first-order valence-electron chi connectivity index (χ1n) is 9.12. The van der Waals surface area contributed by atoms with E-state index < -0.39 is 0 Å². The fourth-order valence-electron chi connectivity index (χ4n) is 4.63. The fraction of sp³-hybridized carbons (Fsp3) is 0.500. The van der Waals surface area contributed by atoms with E-state index in [1.54, 1.807) is 4.57 Å². The second-order valence-corrected chi connectivity index (χ2v) is 7.70. The second kappa shape index (κ2) is 5.99. The summed E-state index contributed by atoms with van der Waals surface area (Å²) in [5.74, 6) is 0.